The number of fused-ring (bicyclic) bond motifs is 5. The van der Waals surface area contributed by atoms with E-state index in [0.29, 0.717) is 53.2 Å². The fraction of sp³-hybridized carbons (Fsp3) is 0.525. The smallest absolute Gasteiger partial charge is 0.452 e. The van der Waals surface area contributed by atoms with Crippen molar-refractivity contribution in [1.29, 1.82) is 0 Å². The summed E-state index contributed by atoms with van der Waals surface area (Å²) in [6.07, 6.45) is -2.93. The Morgan fingerprint density at radius 1 is 1.01 bits per heavy atom. The van der Waals surface area contributed by atoms with Crippen molar-refractivity contribution in [2.24, 2.45) is 4.99 Å². The molecule has 2 aromatic carbocycles. The van der Waals surface area contributed by atoms with E-state index in [2.05, 4.69) is 50.6 Å². The number of phosphoric acid groups is 3. The molecular weight excluding hydrogens is 1050 g/mol. The van der Waals surface area contributed by atoms with Crippen LogP contribution in [0.15, 0.2) is 41.9 Å². The Hall–Kier alpha value is -5.03. The number of amides is 2. The molecule has 29 nitrogen and oxygen atoms in total. The van der Waals surface area contributed by atoms with Crippen LogP contribution < -0.4 is 41.3 Å². The maximum atomic E-state index is 13.1. The van der Waals surface area contributed by atoms with Gasteiger partial charge in [0.15, 0.2) is 35.3 Å². The third kappa shape index (κ3) is 12.7. The number of rotatable bonds is 19. The van der Waals surface area contributed by atoms with Crippen LogP contribution in [0, 0.1) is 0 Å². The topological polar surface area (TPSA) is 409 Å². The predicted molar refractivity (Wildman–Crippen MR) is 254 cm³/mol. The van der Waals surface area contributed by atoms with Gasteiger partial charge in [-0.05, 0) is 57.7 Å². The third-order valence-electron chi connectivity index (χ3n) is 12.5. The van der Waals surface area contributed by atoms with Gasteiger partial charge in [0.2, 0.25) is 11.3 Å². The quantitative estimate of drug-likeness (QED) is 0.0242. The molecule has 4 aromatic rings. The SMILES string of the molecule is CC[N+]1=c2cc3c(cc2CCC1)=Nc1cc2c(cc1O3)N(CCCC(=O)NCCNC(=O)O[C@H]1[C@@H](O)[C@H](n3cnc4c(N)ncnc43)O[C@@H]1COP(=O)(O)OP(=O)(O)OP(=O)(O)O)C(C)(C)CC2CS(=O)(=O)O. The van der Waals surface area contributed by atoms with Gasteiger partial charge in [-0.3, -0.25) is 18.4 Å². The summed E-state index contributed by atoms with van der Waals surface area (Å²) in [7, 11) is -21.7. The van der Waals surface area contributed by atoms with Gasteiger partial charge >= 0.3 is 29.6 Å². The van der Waals surface area contributed by atoms with Gasteiger partial charge in [-0.2, -0.15) is 17.0 Å². The number of nitrogens with two attached hydrogens (primary N) is 1. The Morgan fingerprint density at radius 2 is 1.77 bits per heavy atom. The molecule has 1 fully saturated rings. The van der Waals surface area contributed by atoms with Crippen LogP contribution in [0.5, 0.6) is 11.5 Å². The minimum Gasteiger partial charge on any atom is -0.452 e. The van der Waals surface area contributed by atoms with Crippen molar-refractivity contribution in [3.63, 3.8) is 0 Å². The number of hydrogen-bond acceptors (Lipinski definition) is 20. The van der Waals surface area contributed by atoms with E-state index in [9.17, 15) is 51.1 Å². The number of aliphatic hydroxyl groups excluding tert-OH is 1. The van der Waals surface area contributed by atoms with Gasteiger partial charge in [0.1, 0.15) is 48.2 Å². The van der Waals surface area contributed by atoms with E-state index >= 15 is 0 Å². The zero-order valence-electron chi connectivity index (χ0n) is 39.3. The molecule has 0 radical (unpaired) electrons. The van der Waals surface area contributed by atoms with Crippen molar-refractivity contribution >= 4 is 73.9 Å². The predicted octanol–water partition coefficient (Wildman–Crippen LogP) is 1.18. The molecule has 1 saturated heterocycles. The molecular formula is C40H54N10O19P3S+. The van der Waals surface area contributed by atoms with Crippen molar-refractivity contribution in [2.75, 3.05) is 55.7 Å². The highest BCUT2D eigenvalue weighted by Gasteiger charge is 2.50. The number of aromatic nitrogens is 4. The van der Waals surface area contributed by atoms with Gasteiger partial charge in [0.05, 0.1) is 24.8 Å². The number of hydrogen-bond donors (Lipinski definition) is 9. The Morgan fingerprint density at radius 3 is 2.49 bits per heavy atom. The Bertz CT molecular complexity index is 3210. The van der Waals surface area contributed by atoms with Crippen molar-refractivity contribution in [1.82, 2.24) is 34.7 Å². The number of imidazole rings is 1. The van der Waals surface area contributed by atoms with Crippen LogP contribution in [0.1, 0.15) is 69.7 Å². The molecule has 7 atom stereocenters. The minimum absolute atomic E-state index is 0.0355. The minimum atomic E-state index is -5.90. The number of nitrogen functional groups attached to an aromatic ring is 1. The van der Waals surface area contributed by atoms with Crippen molar-refractivity contribution < 1.29 is 88.3 Å². The number of carbonyl (C=O) groups is 2. The van der Waals surface area contributed by atoms with Crippen LogP contribution >= 0.6 is 23.5 Å². The Kier molecular flexibility index (Phi) is 15.6. The van der Waals surface area contributed by atoms with Gasteiger partial charge < -0.3 is 60.2 Å². The van der Waals surface area contributed by atoms with Crippen molar-refractivity contribution in [3.05, 3.63) is 58.8 Å². The summed E-state index contributed by atoms with van der Waals surface area (Å²) in [5.74, 6) is -0.425. The molecule has 2 amide bonds. The van der Waals surface area contributed by atoms with Crippen LogP contribution in [-0.4, -0.2) is 138 Å². The maximum absolute atomic E-state index is 13.1. The third-order valence-corrected chi connectivity index (χ3v) is 17.1. The lowest BCUT2D eigenvalue weighted by Crippen LogP contribution is -2.50. The number of aliphatic hydroxyl groups is 1. The van der Waals surface area contributed by atoms with Crippen LogP contribution in [0.3, 0.4) is 0 Å². The lowest BCUT2D eigenvalue weighted by molar-refractivity contribution is -0.121. The van der Waals surface area contributed by atoms with Gasteiger partial charge in [-0.1, -0.05) is 0 Å². The van der Waals surface area contributed by atoms with E-state index in [1.807, 2.05) is 38.1 Å². The highest BCUT2D eigenvalue weighted by molar-refractivity contribution is 7.85. The lowest BCUT2D eigenvalue weighted by atomic mass is 9.79. The average molecular weight is 1100 g/mol. The first kappa shape index (κ1) is 54.2. The molecule has 3 unspecified atom stereocenters. The molecule has 10 N–H and O–H groups in total. The number of aryl methyl sites for hydroxylation is 1. The molecule has 4 aliphatic rings. The highest BCUT2D eigenvalue weighted by atomic mass is 32.2. The largest absolute Gasteiger partial charge is 0.490 e. The molecule has 33 heteroatoms. The zero-order chi connectivity index (χ0) is 52.8. The number of nitrogens with zero attached hydrogens (tertiary/aromatic N) is 7. The molecule has 4 aliphatic heterocycles. The molecule has 8 rings (SSSR count). The maximum Gasteiger partial charge on any atom is 0.490 e. The van der Waals surface area contributed by atoms with E-state index in [1.54, 1.807) is 0 Å². The summed E-state index contributed by atoms with van der Waals surface area (Å²) in [5, 5.41) is 18.2. The Balaban J connectivity index is 0.890. The molecule has 2 aromatic heterocycles. The van der Waals surface area contributed by atoms with Crippen molar-refractivity contribution in [2.45, 2.75) is 88.9 Å². The second kappa shape index (κ2) is 20.9. The first-order chi connectivity index (χ1) is 34.2. The first-order valence-corrected chi connectivity index (χ1v) is 28.8. The summed E-state index contributed by atoms with van der Waals surface area (Å²) in [4.78, 5) is 82.5. The first-order valence-electron chi connectivity index (χ1n) is 22.7. The number of anilines is 2. The van der Waals surface area contributed by atoms with Gasteiger partial charge in [0, 0.05) is 61.2 Å². The fourth-order valence-electron chi connectivity index (χ4n) is 9.48. The summed E-state index contributed by atoms with van der Waals surface area (Å²) in [5.41, 5.74) is 8.42. The molecule has 0 saturated carbocycles. The summed E-state index contributed by atoms with van der Waals surface area (Å²) in [6, 6.07) is 7.68. The van der Waals surface area contributed by atoms with Crippen LogP contribution in [0.4, 0.5) is 22.0 Å². The molecule has 0 bridgehead atoms. The fourth-order valence-corrected chi connectivity index (χ4v) is 13.3. The number of ether oxygens (including phenoxy) is 3. The van der Waals surface area contributed by atoms with Crippen LogP contribution in [0.2, 0.25) is 0 Å². The number of benzene rings is 2. The van der Waals surface area contributed by atoms with E-state index in [4.69, 9.17) is 39.2 Å². The summed E-state index contributed by atoms with van der Waals surface area (Å²) >= 11 is 0. The molecule has 6 heterocycles. The van der Waals surface area contributed by atoms with Crippen molar-refractivity contribution in [3.8, 4) is 11.5 Å². The van der Waals surface area contributed by atoms with E-state index in [-0.39, 0.29) is 42.4 Å². The number of nitrogens with one attached hydrogen (secondary N) is 2. The number of carbonyl (C=O) groups excluding carboxylic acids is 2. The van der Waals surface area contributed by atoms with Gasteiger partial charge in [-0.15, -0.1) is 0 Å². The molecule has 73 heavy (non-hydrogen) atoms. The van der Waals surface area contributed by atoms with Crippen LogP contribution in [0.25, 0.3) is 11.2 Å². The molecule has 0 spiro atoms. The summed E-state index contributed by atoms with van der Waals surface area (Å²) < 4.78 is 103. The number of alkyl carbamates (subject to hydrolysis) is 1. The second-order valence-electron chi connectivity index (χ2n) is 18.1. The highest BCUT2D eigenvalue weighted by Crippen LogP contribution is 2.66. The number of phosphoric ester groups is 1. The lowest BCUT2D eigenvalue weighted by Gasteiger charge is -2.48. The normalized spacial score (nSPS) is 22.9. The second-order valence-corrected chi connectivity index (χ2v) is 24.0. The van der Waals surface area contributed by atoms with Gasteiger partial charge in [0.25, 0.3) is 10.1 Å². The zero-order valence-corrected chi connectivity index (χ0v) is 42.8. The molecule has 0 aliphatic carbocycles. The van der Waals surface area contributed by atoms with E-state index in [1.165, 1.54) is 10.1 Å². The molecule has 398 valence electrons. The monoisotopic (exact) mass is 1100 g/mol. The standard InChI is InChI=1S/C40H53N10O19P3S/c1-4-48-11-5-7-22-13-25-29(15-27(22)48)65-30-16-28-24(14-26(30)47-25)23(19-73(61,62)63)17-40(2,3)50(28)12-6-8-32(51)42-9-10-43-39(53)67-35-31(18-64-71(57,58)69-72(59,60)68-70(54,55)56)66-38(34(35)52)49-21-46-33-36(41)44-20-45-37(33)49/h13-16,20-21,23,31,34-35,38,52H,4-12,17-19H2,1-3H3,(H8-,41,42,43,44,45,51,53,54,55,56,57,58,59,60,61,62,63)/p+1/t23?,31-,34-,35-,38-/m1/s1. The average Bonchev–Trinajstić information content (AvgIpc) is 3.84. The van der Waals surface area contributed by atoms with E-state index < -0.39 is 88.0 Å². The van der Waals surface area contributed by atoms with Crippen LogP contribution in [-0.2, 0) is 57.6 Å². The van der Waals surface area contributed by atoms with E-state index in [0.717, 1.165) is 43.9 Å². The summed E-state index contributed by atoms with van der Waals surface area (Å²) in [6.45, 7) is 6.71. The van der Waals surface area contributed by atoms with Gasteiger partial charge in [-0.25, -0.2) is 43.0 Å². The Labute approximate surface area is 415 Å².